The number of sulfonamides is 1. The minimum atomic E-state index is -3.86. The summed E-state index contributed by atoms with van der Waals surface area (Å²) in [6, 6.07) is 23.3. The molecule has 1 saturated carbocycles. The number of aryl methyl sites for hydroxylation is 1. The van der Waals surface area contributed by atoms with Crippen LogP contribution < -0.4 is 9.54 Å². The van der Waals surface area contributed by atoms with E-state index in [1.165, 1.54) is 17.8 Å². The monoisotopic (exact) mass is 546 g/mol. The topological polar surface area (TPSA) is 77.7 Å². The minimum absolute atomic E-state index is 0.178. The van der Waals surface area contributed by atoms with Gasteiger partial charge >= 0.3 is 5.97 Å². The van der Waals surface area contributed by atoms with E-state index in [2.05, 4.69) is 8.96 Å². The molecule has 0 amide bonds. The van der Waals surface area contributed by atoms with Crippen LogP contribution in [0, 0.1) is 0 Å². The zero-order chi connectivity index (χ0) is 26.5. The van der Waals surface area contributed by atoms with Gasteiger partial charge in [-0.05, 0) is 78.9 Å². The molecule has 196 valence electrons. The van der Waals surface area contributed by atoms with Crippen molar-refractivity contribution in [3.05, 3.63) is 100 Å². The Morgan fingerprint density at radius 1 is 0.947 bits per heavy atom. The Hall–Kier alpha value is -3.49. The van der Waals surface area contributed by atoms with Crippen LogP contribution in [0.4, 0.5) is 0 Å². The number of ether oxygens (including phenoxy) is 1. The number of rotatable bonds is 7. The highest BCUT2D eigenvalue weighted by molar-refractivity contribution is 7.90. The maximum absolute atomic E-state index is 13.2. The van der Waals surface area contributed by atoms with E-state index in [1.54, 1.807) is 48.5 Å². The molecule has 0 atom stereocenters. The van der Waals surface area contributed by atoms with Gasteiger partial charge in [-0.3, -0.25) is 0 Å². The minimum Gasteiger partial charge on any atom is -0.423 e. The Labute approximate surface area is 227 Å². The van der Waals surface area contributed by atoms with Crippen LogP contribution in [0.5, 0.6) is 5.75 Å². The maximum Gasteiger partial charge on any atom is 0.343 e. The molecule has 4 aromatic rings. The maximum atomic E-state index is 13.2. The number of hydrogen-bond donors (Lipinski definition) is 0. The summed E-state index contributed by atoms with van der Waals surface area (Å²) < 4.78 is 38.4. The third kappa shape index (κ3) is 5.81. The van der Waals surface area contributed by atoms with Gasteiger partial charge in [0.1, 0.15) is 5.75 Å². The standard InChI is InChI=1S/C30H30N2O4S2/c1-2-22-13-19-27(20-14-22)38(34,35)31-30-32(25-11-7-4-8-12-25)28(21-37-30)23-15-17-26(18-16-23)36-29(33)24-9-5-3-6-10-24/h3,5-6,9-10,13-21,25H,2,4,7-8,11-12H2,1H3. The van der Waals surface area contributed by atoms with Crippen molar-refractivity contribution < 1.29 is 17.9 Å². The molecular formula is C30H30N2O4S2. The number of carbonyl (C=O) groups is 1. The lowest BCUT2D eigenvalue weighted by Crippen LogP contribution is -2.25. The van der Waals surface area contributed by atoms with Gasteiger partial charge in [-0.2, -0.15) is 8.42 Å². The van der Waals surface area contributed by atoms with Crippen LogP contribution in [-0.4, -0.2) is 19.0 Å². The second-order valence-corrected chi connectivity index (χ2v) is 11.8. The Morgan fingerprint density at radius 2 is 1.63 bits per heavy atom. The van der Waals surface area contributed by atoms with E-state index in [4.69, 9.17) is 4.74 Å². The molecule has 0 unspecified atom stereocenters. The lowest BCUT2D eigenvalue weighted by Gasteiger charge is -2.25. The molecule has 0 spiro atoms. The number of hydrogen-bond acceptors (Lipinski definition) is 5. The van der Waals surface area contributed by atoms with Crippen molar-refractivity contribution in [2.45, 2.75) is 56.4 Å². The van der Waals surface area contributed by atoms with Crippen molar-refractivity contribution in [1.82, 2.24) is 4.57 Å². The molecule has 0 N–H and O–H groups in total. The van der Waals surface area contributed by atoms with Gasteiger partial charge in [-0.15, -0.1) is 15.7 Å². The molecule has 1 heterocycles. The molecule has 6 nitrogen and oxygen atoms in total. The number of nitrogens with zero attached hydrogens (tertiary/aromatic N) is 2. The number of benzene rings is 3. The number of aromatic nitrogens is 1. The van der Waals surface area contributed by atoms with Crippen LogP contribution in [0.15, 0.2) is 93.5 Å². The highest BCUT2D eigenvalue weighted by Crippen LogP contribution is 2.33. The summed E-state index contributed by atoms with van der Waals surface area (Å²) in [5.74, 6) is 0.0366. The lowest BCUT2D eigenvalue weighted by molar-refractivity contribution is 0.0734. The lowest BCUT2D eigenvalue weighted by atomic mass is 9.95. The van der Waals surface area contributed by atoms with E-state index in [0.717, 1.165) is 48.9 Å². The van der Waals surface area contributed by atoms with Crippen LogP contribution in [-0.2, 0) is 16.4 Å². The van der Waals surface area contributed by atoms with E-state index in [9.17, 15) is 13.2 Å². The van der Waals surface area contributed by atoms with Crippen molar-refractivity contribution >= 4 is 27.3 Å². The third-order valence-electron chi connectivity index (χ3n) is 6.88. The van der Waals surface area contributed by atoms with Gasteiger partial charge in [0.25, 0.3) is 10.0 Å². The van der Waals surface area contributed by atoms with Crippen LogP contribution >= 0.6 is 11.3 Å². The first-order chi connectivity index (χ1) is 18.4. The zero-order valence-corrected chi connectivity index (χ0v) is 22.9. The molecule has 5 rings (SSSR count). The van der Waals surface area contributed by atoms with Crippen molar-refractivity contribution in [1.29, 1.82) is 0 Å². The van der Waals surface area contributed by atoms with Crippen molar-refractivity contribution in [3.8, 4) is 17.0 Å². The highest BCUT2D eigenvalue weighted by Gasteiger charge is 2.22. The molecule has 0 saturated heterocycles. The number of carbonyl (C=O) groups excluding carboxylic acids is 1. The summed E-state index contributed by atoms with van der Waals surface area (Å²) in [5.41, 5.74) is 3.40. The second kappa shape index (κ2) is 11.5. The van der Waals surface area contributed by atoms with Crippen LogP contribution in [0.25, 0.3) is 11.3 Å². The van der Waals surface area contributed by atoms with Crippen LogP contribution in [0.3, 0.4) is 0 Å². The Morgan fingerprint density at radius 3 is 2.29 bits per heavy atom. The molecule has 38 heavy (non-hydrogen) atoms. The van der Waals surface area contributed by atoms with E-state index in [-0.39, 0.29) is 10.9 Å². The van der Waals surface area contributed by atoms with Crippen molar-refractivity contribution in [2.75, 3.05) is 0 Å². The summed E-state index contributed by atoms with van der Waals surface area (Å²) in [6.45, 7) is 2.04. The molecule has 1 aliphatic carbocycles. The van der Waals surface area contributed by atoms with E-state index >= 15 is 0 Å². The number of esters is 1. The van der Waals surface area contributed by atoms with Gasteiger partial charge in [0, 0.05) is 11.4 Å². The summed E-state index contributed by atoms with van der Waals surface area (Å²) in [5, 5.41) is 1.97. The van der Waals surface area contributed by atoms with Gasteiger partial charge in [0.15, 0.2) is 0 Å². The van der Waals surface area contributed by atoms with Crippen molar-refractivity contribution in [3.63, 3.8) is 0 Å². The summed E-state index contributed by atoms with van der Waals surface area (Å²) >= 11 is 1.34. The largest absolute Gasteiger partial charge is 0.423 e. The van der Waals surface area contributed by atoms with E-state index in [0.29, 0.717) is 16.1 Å². The highest BCUT2D eigenvalue weighted by atomic mass is 32.2. The second-order valence-electron chi connectivity index (χ2n) is 9.41. The predicted molar refractivity (Wildman–Crippen MR) is 150 cm³/mol. The molecule has 0 radical (unpaired) electrons. The average molecular weight is 547 g/mol. The summed E-state index contributed by atoms with van der Waals surface area (Å²) in [6.07, 6.45) is 6.20. The van der Waals surface area contributed by atoms with Crippen molar-refractivity contribution in [2.24, 2.45) is 4.40 Å². The Balaban J connectivity index is 1.48. The quantitative estimate of drug-likeness (QED) is 0.189. The van der Waals surface area contributed by atoms with Crippen LogP contribution in [0.2, 0.25) is 0 Å². The first-order valence-electron chi connectivity index (χ1n) is 12.9. The SMILES string of the molecule is CCc1ccc(S(=O)(=O)N=c2scc(-c3ccc(OC(=O)c4ccccc4)cc3)n2C2CCCCC2)cc1. The molecule has 1 aromatic heterocycles. The molecule has 0 aliphatic heterocycles. The fourth-order valence-corrected chi connectivity index (χ4v) is 6.95. The molecule has 3 aromatic carbocycles. The normalized spacial score (nSPS) is 14.9. The fourth-order valence-electron chi connectivity index (χ4n) is 4.78. The first-order valence-corrected chi connectivity index (χ1v) is 15.2. The first kappa shape index (κ1) is 26.1. The molecular weight excluding hydrogens is 516 g/mol. The predicted octanol–water partition coefficient (Wildman–Crippen LogP) is 6.79. The summed E-state index contributed by atoms with van der Waals surface area (Å²) in [7, 11) is -3.86. The van der Waals surface area contributed by atoms with E-state index < -0.39 is 16.0 Å². The molecule has 1 aliphatic rings. The third-order valence-corrected chi connectivity index (χ3v) is 9.12. The zero-order valence-electron chi connectivity index (χ0n) is 21.2. The number of thiazole rings is 1. The summed E-state index contributed by atoms with van der Waals surface area (Å²) in [4.78, 5) is 13.1. The van der Waals surface area contributed by atoms with Gasteiger partial charge < -0.3 is 9.30 Å². The molecule has 8 heteroatoms. The van der Waals surface area contributed by atoms with Crippen LogP contribution in [0.1, 0.15) is 61.0 Å². The fraction of sp³-hybridized carbons (Fsp3) is 0.267. The molecule has 1 fully saturated rings. The van der Waals surface area contributed by atoms with E-state index in [1.807, 2.05) is 42.6 Å². The average Bonchev–Trinajstić information content (AvgIpc) is 3.37. The van der Waals surface area contributed by atoms with Gasteiger partial charge in [0.2, 0.25) is 4.80 Å². The van der Waals surface area contributed by atoms with Gasteiger partial charge in [-0.1, -0.05) is 56.5 Å². The smallest absolute Gasteiger partial charge is 0.343 e. The van der Waals surface area contributed by atoms with Gasteiger partial charge in [-0.25, -0.2) is 4.79 Å². The van der Waals surface area contributed by atoms with Gasteiger partial charge in [0.05, 0.1) is 16.2 Å². The Kier molecular flexibility index (Phi) is 7.90. The molecule has 0 bridgehead atoms. The Bertz CT molecular complexity index is 1560.